The number of nitrogens with zero attached hydrogens (tertiary/aromatic N) is 2. The lowest BCUT2D eigenvalue weighted by atomic mass is 10.0. The second-order valence-corrected chi connectivity index (χ2v) is 6.26. The van der Waals surface area contributed by atoms with Crippen molar-refractivity contribution in [1.29, 1.82) is 0 Å². The molecule has 0 aliphatic rings. The van der Waals surface area contributed by atoms with Crippen LogP contribution < -0.4 is 5.43 Å². The Labute approximate surface area is 162 Å². The van der Waals surface area contributed by atoms with Crippen LogP contribution >= 0.6 is 34.8 Å². The lowest BCUT2D eigenvalue weighted by molar-refractivity contribution is 0.0691. The number of rotatable bonds is 4. The number of halogens is 3. The number of hydrogen-bond acceptors (Lipinski definition) is 5. The van der Waals surface area contributed by atoms with Crippen molar-refractivity contribution in [3.05, 3.63) is 62.9 Å². The Morgan fingerprint density at radius 3 is 2.58 bits per heavy atom. The van der Waals surface area contributed by atoms with Gasteiger partial charge in [0.2, 0.25) is 0 Å². The maximum absolute atomic E-state index is 11.2. The molecule has 9 heteroatoms. The van der Waals surface area contributed by atoms with Gasteiger partial charge in [-0.15, -0.1) is 0 Å². The lowest BCUT2D eigenvalue weighted by Crippen LogP contribution is -2.05. The van der Waals surface area contributed by atoms with Gasteiger partial charge in [-0.2, -0.15) is 5.10 Å². The molecule has 0 atom stereocenters. The van der Waals surface area contributed by atoms with Crippen LogP contribution in [0.5, 0.6) is 5.75 Å². The first-order chi connectivity index (χ1) is 12.4. The van der Waals surface area contributed by atoms with Crippen LogP contribution in [0.25, 0.3) is 10.8 Å². The number of carbonyl (C=O) groups is 1. The quantitative estimate of drug-likeness (QED) is 0.318. The molecule has 3 rings (SSSR count). The van der Waals surface area contributed by atoms with Gasteiger partial charge in [0.25, 0.3) is 0 Å². The summed E-state index contributed by atoms with van der Waals surface area (Å²) in [5, 5.41) is 24.4. The number of carboxylic acid groups (broad SMARTS) is 1. The number of nitrogens with one attached hydrogen (secondary N) is 1. The number of fused-ring (bicyclic) bond motifs is 1. The average Bonchev–Trinajstić information content (AvgIpc) is 2.62. The van der Waals surface area contributed by atoms with Crippen molar-refractivity contribution in [2.75, 3.05) is 5.43 Å². The molecule has 0 radical (unpaired) electrons. The van der Waals surface area contributed by atoms with E-state index in [-0.39, 0.29) is 26.6 Å². The number of benzene rings is 2. The van der Waals surface area contributed by atoms with Crippen molar-refractivity contribution in [1.82, 2.24) is 4.98 Å². The fourth-order valence-corrected chi connectivity index (χ4v) is 3.00. The number of anilines is 1. The highest BCUT2D eigenvalue weighted by Crippen LogP contribution is 2.37. The molecule has 0 aliphatic carbocycles. The number of aromatic nitrogens is 1. The topological polar surface area (TPSA) is 94.8 Å². The zero-order valence-electron chi connectivity index (χ0n) is 12.9. The van der Waals surface area contributed by atoms with Gasteiger partial charge in [0.05, 0.1) is 11.9 Å². The first kappa shape index (κ1) is 18.3. The Morgan fingerprint density at radius 1 is 1.12 bits per heavy atom. The molecule has 3 aromatic rings. The Kier molecular flexibility index (Phi) is 5.18. The first-order valence-corrected chi connectivity index (χ1v) is 8.31. The minimum absolute atomic E-state index is 0.00158. The molecule has 1 heterocycles. The third-order valence-electron chi connectivity index (χ3n) is 3.56. The van der Waals surface area contributed by atoms with Crippen LogP contribution in [-0.2, 0) is 0 Å². The third kappa shape index (κ3) is 3.39. The molecule has 0 saturated carbocycles. The molecule has 26 heavy (non-hydrogen) atoms. The normalized spacial score (nSPS) is 11.2. The summed E-state index contributed by atoms with van der Waals surface area (Å²) >= 11 is 17.9. The van der Waals surface area contributed by atoms with E-state index in [0.717, 1.165) is 10.8 Å². The van der Waals surface area contributed by atoms with Crippen molar-refractivity contribution in [2.45, 2.75) is 0 Å². The summed E-state index contributed by atoms with van der Waals surface area (Å²) in [6.45, 7) is 0. The van der Waals surface area contributed by atoms with E-state index < -0.39 is 11.7 Å². The van der Waals surface area contributed by atoms with Crippen molar-refractivity contribution < 1.29 is 15.0 Å². The van der Waals surface area contributed by atoms with Crippen molar-refractivity contribution in [3.8, 4) is 5.75 Å². The number of phenols is 1. The molecule has 132 valence electrons. The third-order valence-corrected chi connectivity index (χ3v) is 4.66. The highest BCUT2D eigenvalue weighted by molar-refractivity contribution is 6.46. The first-order valence-electron chi connectivity index (χ1n) is 7.17. The molecule has 2 aromatic carbocycles. The summed E-state index contributed by atoms with van der Waals surface area (Å²) in [4.78, 5) is 14.8. The van der Waals surface area contributed by atoms with Crippen LogP contribution in [0.1, 0.15) is 16.1 Å². The highest BCUT2D eigenvalue weighted by atomic mass is 35.5. The van der Waals surface area contributed by atoms with Crippen LogP contribution in [0, 0.1) is 0 Å². The van der Waals surface area contributed by atoms with E-state index in [1.807, 2.05) is 24.3 Å². The predicted octanol–water partition coefficient (Wildman–Crippen LogP) is 5.04. The molecule has 6 nitrogen and oxygen atoms in total. The number of aromatic hydroxyl groups is 1. The van der Waals surface area contributed by atoms with Crippen LogP contribution in [0.2, 0.25) is 15.2 Å². The molecule has 0 aliphatic heterocycles. The number of phenolic OH excluding ortho intramolecular Hbond substituents is 1. The Bertz CT molecular complexity index is 1050. The molecule has 0 saturated heterocycles. The van der Waals surface area contributed by atoms with Gasteiger partial charge in [-0.25, -0.2) is 9.78 Å². The summed E-state index contributed by atoms with van der Waals surface area (Å²) in [5.41, 5.74) is 2.59. The minimum atomic E-state index is -1.35. The van der Waals surface area contributed by atoms with Crippen LogP contribution in [0.3, 0.4) is 0 Å². The average molecular weight is 411 g/mol. The van der Waals surface area contributed by atoms with Gasteiger partial charge >= 0.3 is 5.97 Å². The van der Waals surface area contributed by atoms with Gasteiger partial charge in [0, 0.05) is 5.56 Å². The molecule has 0 spiro atoms. The maximum atomic E-state index is 11.2. The molecular formula is C17H10Cl3N3O3. The lowest BCUT2D eigenvalue weighted by Gasteiger charge is -2.10. The van der Waals surface area contributed by atoms with Crippen molar-refractivity contribution in [3.63, 3.8) is 0 Å². The molecule has 3 N–H and O–H groups in total. The highest BCUT2D eigenvalue weighted by Gasteiger charge is 2.20. The number of hydrazone groups is 1. The predicted molar refractivity (Wildman–Crippen MR) is 103 cm³/mol. The molecule has 1 aromatic heterocycles. The Balaban J connectivity index is 2.00. The summed E-state index contributed by atoms with van der Waals surface area (Å²) in [6, 6.07) is 10.8. The van der Waals surface area contributed by atoms with Crippen molar-refractivity contribution >= 4 is 63.4 Å². The molecule has 0 bridgehead atoms. The van der Waals surface area contributed by atoms with E-state index in [0.29, 0.717) is 5.56 Å². The zero-order chi connectivity index (χ0) is 18.8. The largest absolute Gasteiger partial charge is 0.507 e. The standard InChI is InChI=1S/C17H10Cl3N3O3/c18-12-14(13(19)16(20)22-15(12)17(25)26)23-21-7-10-9-4-2-1-3-8(9)5-6-11(10)24/h1-7,24H,(H,22,23)(H,25,26). The second kappa shape index (κ2) is 7.37. The van der Waals surface area contributed by atoms with E-state index in [1.54, 1.807) is 12.1 Å². The van der Waals surface area contributed by atoms with E-state index in [2.05, 4.69) is 15.5 Å². The maximum Gasteiger partial charge on any atom is 0.356 e. The number of hydrogen-bond donors (Lipinski definition) is 3. The van der Waals surface area contributed by atoms with Crippen LogP contribution in [-0.4, -0.2) is 27.4 Å². The van der Waals surface area contributed by atoms with Crippen LogP contribution in [0.4, 0.5) is 5.69 Å². The van der Waals surface area contributed by atoms with E-state index in [9.17, 15) is 9.90 Å². The number of carboxylic acids is 1. The zero-order valence-corrected chi connectivity index (χ0v) is 15.1. The van der Waals surface area contributed by atoms with Crippen molar-refractivity contribution in [2.24, 2.45) is 5.10 Å². The van der Waals surface area contributed by atoms with E-state index in [1.165, 1.54) is 6.21 Å². The molecule has 0 amide bonds. The number of aromatic carboxylic acids is 1. The monoisotopic (exact) mass is 409 g/mol. The summed E-state index contributed by atoms with van der Waals surface area (Å²) in [6.07, 6.45) is 1.37. The Hall–Kier alpha value is -2.54. The molecular weight excluding hydrogens is 401 g/mol. The fourth-order valence-electron chi connectivity index (χ4n) is 2.34. The van der Waals surface area contributed by atoms with E-state index >= 15 is 0 Å². The van der Waals surface area contributed by atoms with Gasteiger partial charge in [0.15, 0.2) is 10.8 Å². The smallest absolute Gasteiger partial charge is 0.356 e. The fraction of sp³-hybridized carbons (Fsp3) is 0. The summed E-state index contributed by atoms with van der Waals surface area (Å²) < 4.78 is 0. The molecule has 0 fully saturated rings. The van der Waals surface area contributed by atoms with Gasteiger partial charge in [-0.3, -0.25) is 5.43 Å². The van der Waals surface area contributed by atoms with Crippen LogP contribution in [0.15, 0.2) is 41.5 Å². The van der Waals surface area contributed by atoms with Gasteiger partial charge in [0.1, 0.15) is 15.8 Å². The van der Waals surface area contributed by atoms with Gasteiger partial charge < -0.3 is 10.2 Å². The second-order valence-electron chi connectivity index (χ2n) is 5.15. The van der Waals surface area contributed by atoms with Gasteiger partial charge in [-0.1, -0.05) is 65.1 Å². The summed E-state index contributed by atoms with van der Waals surface area (Å²) in [7, 11) is 0. The van der Waals surface area contributed by atoms with E-state index in [4.69, 9.17) is 39.9 Å². The summed E-state index contributed by atoms with van der Waals surface area (Å²) in [5.74, 6) is -1.32. The number of pyridine rings is 1. The van der Waals surface area contributed by atoms with Gasteiger partial charge in [-0.05, 0) is 16.8 Å². The SMILES string of the molecule is O=C(O)c1nc(Cl)c(Cl)c(NN=Cc2c(O)ccc3ccccc23)c1Cl. The minimum Gasteiger partial charge on any atom is -0.507 e. The Morgan fingerprint density at radius 2 is 1.85 bits per heavy atom. The molecule has 0 unspecified atom stereocenters.